The number of alkyl halides is 1. The molecule has 0 aliphatic carbocycles. The highest BCUT2D eigenvalue weighted by molar-refractivity contribution is 9.10. The summed E-state index contributed by atoms with van der Waals surface area (Å²) in [5, 5.41) is 0. The standard InChI is InChI=1S/C19H19BrO3/c1-2-3-9-17(20)19(22)23-16-12-10-15(11-13-16)18(21)14-7-5-4-6-8-14/h4-8,10-13,17H,2-3,9H2,1H3. The lowest BCUT2D eigenvalue weighted by Gasteiger charge is -2.09. The van der Waals surface area contributed by atoms with E-state index in [1.807, 2.05) is 18.2 Å². The monoisotopic (exact) mass is 374 g/mol. The van der Waals surface area contributed by atoms with Crippen LogP contribution in [0.2, 0.25) is 0 Å². The molecule has 0 heterocycles. The Labute approximate surface area is 144 Å². The summed E-state index contributed by atoms with van der Waals surface area (Å²) in [5.41, 5.74) is 1.20. The Morgan fingerprint density at radius 1 is 1.00 bits per heavy atom. The zero-order chi connectivity index (χ0) is 16.7. The number of hydrogen-bond donors (Lipinski definition) is 0. The maximum Gasteiger partial charge on any atom is 0.325 e. The lowest BCUT2D eigenvalue weighted by Crippen LogP contribution is -2.20. The minimum absolute atomic E-state index is 0.0511. The van der Waals surface area contributed by atoms with Crippen molar-refractivity contribution >= 4 is 27.7 Å². The minimum atomic E-state index is -0.305. The van der Waals surface area contributed by atoms with Crippen LogP contribution in [-0.4, -0.2) is 16.6 Å². The van der Waals surface area contributed by atoms with E-state index in [0.717, 1.165) is 19.3 Å². The zero-order valence-corrected chi connectivity index (χ0v) is 14.6. The highest BCUT2D eigenvalue weighted by atomic mass is 79.9. The molecule has 1 unspecified atom stereocenters. The van der Waals surface area contributed by atoms with E-state index in [2.05, 4.69) is 22.9 Å². The van der Waals surface area contributed by atoms with Crippen LogP contribution in [0.1, 0.15) is 42.1 Å². The fourth-order valence-corrected chi connectivity index (χ4v) is 2.53. The Hall–Kier alpha value is -1.94. The molecule has 0 aromatic heterocycles. The Bertz CT molecular complexity index is 650. The molecule has 0 aliphatic heterocycles. The normalized spacial score (nSPS) is 11.7. The van der Waals surface area contributed by atoms with Gasteiger partial charge in [-0.15, -0.1) is 0 Å². The number of carbonyl (C=O) groups is 2. The van der Waals surface area contributed by atoms with Crippen LogP contribution >= 0.6 is 15.9 Å². The number of hydrogen-bond acceptors (Lipinski definition) is 3. The Balaban J connectivity index is 1.99. The number of ketones is 1. The number of halogens is 1. The summed E-state index contributed by atoms with van der Waals surface area (Å²) < 4.78 is 5.32. The van der Waals surface area contributed by atoms with Gasteiger partial charge in [-0.25, -0.2) is 0 Å². The average molecular weight is 375 g/mol. The van der Waals surface area contributed by atoms with E-state index >= 15 is 0 Å². The second kappa shape index (κ2) is 8.63. The number of ether oxygens (including phenoxy) is 1. The molecule has 0 aliphatic rings. The van der Waals surface area contributed by atoms with E-state index in [9.17, 15) is 9.59 Å². The maximum absolute atomic E-state index is 12.3. The van der Waals surface area contributed by atoms with Gasteiger partial charge in [0.05, 0.1) is 0 Å². The molecule has 0 bridgehead atoms. The molecule has 2 aromatic rings. The topological polar surface area (TPSA) is 43.4 Å². The molecule has 2 rings (SSSR count). The third kappa shape index (κ3) is 5.03. The maximum atomic E-state index is 12.3. The molecule has 4 heteroatoms. The molecule has 1 atom stereocenters. The number of unbranched alkanes of at least 4 members (excludes halogenated alkanes) is 1. The SMILES string of the molecule is CCCCC(Br)C(=O)Oc1ccc(C(=O)c2ccccc2)cc1. The number of benzene rings is 2. The summed E-state index contributed by atoms with van der Waals surface area (Å²) in [4.78, 5) is 23.9. The van der Waals surface area contributed by atoms with E-state index in [0.29, 0.717) is 16.9 Å². The van der Waals surface area contributed by atoms with Gasteiger partial charge < -0.3 is 4.74 Å². The van der Waals surface area contributed by atoms with E-state index < -0.39 is 0 Å². The molecular weight excluding hydrogens is 356 g/mol. The van der Waals surface area contributed by atoms with Gasteiger partial charge in [0.15, 0.2) is 5.78 Å². The van der Waals surface area contributed by atoms with Gasteiger partial charge in [-0.05, 0) is 30.7 Å². The molecule has 0 fully saturated rings. The second-order valence-corrected chi connectivity index (χ2v) is 6.36. The van der Waals surface area contributed by atoms with Gasteiger partial charge in [0, 0.05) is 11.1 Å². The molecule has 0 N–H and O–H groups in total. The predicted octanol–water partition coefficient (Wildman–Crippen LogP) is 4.78. The van der Waals surface area contributed by atoms with Crippen LogP contribution in [0.25, 0.3) is 0 Å². The summed E-state index contributed by atoms with van der Waals surface area (Å²) >= 11 is 3.34. The Morgan fingerprint density at radius 2 is 1.61 bits per heavy atom. The van der Waals surface area contributed by atoms with Crippen LogP contribution in [0.4, 0.5) is 0 Å². The van der Waals surface area contributed by atoms with Crippen LogP contribution in [0.15, 0.2) is 54.6 Å². The first-order valence-electron chi connectivity index (χ1n) is 7.67. The molecule has 0 saturated carbocycles. The average Bonchev–Trinajstić information content (AvgIpc) is 2.60. The van der Waals surface area contributed by atoms with Crippen LogP contribution in [-0.2, 0) is 4.79 Å². The van der Waals surface area contributed by atoms with Crippen molar-refractivity contribution in [1.29, 1.82) is 0 Å². The molecule has 0 saturated heterocycles. The van der Waals surface area contributed by atoms with E-state index in [-0.39, 0.29) is 16.6 Å². The van der Waals surface area contributed by atoms with Crippen molar-refractivity contribution in [2.45, 2.75) is 31.0 Å². The minimum Gasteiger partial charge on any atom is -0.426 e. The summed E-state index contributed by atoms with van der Waals surface area (Å²) in [6.07, 6.45) is 2.75. The van der Waals surface area contributed by atoms with Crippen molar-refractivity contribution in [2.75, 3.05) is 0 Å². The fourth-order valence-electron chi connectivity index (χ4n) is 2.11. The number of rotatable bonds is 7. The van der Waals surface area contributed by atoms with E-state index in [4.69, 9.17) is 4.74 Å². The third-order valence-corrected chi connectivity index (χ3v) is 4.27. The molecule has 2 aromatic carbocycles. The molecule has 23 heavy (non-hydrogen) atoms. The lowest BCUT2D eigenvalue weighted by molar-refractivity contribution is -0.133. The van der Waals surface area contributed by atoms with Gasteiger partial charge in [-0.1, -0.05) is 66.0 Å². The van der Waals surface area contributed by atoms with Gasteiger partial charge >= 0.3 is 5.97 Å². The molecule has 0 amide bonds. The van der Waals surface area contributed by atoms with Crippen LogP contribution in [0.5, 0.6) is 5.75 Å². The van der Waals surface area contributed by atoms with Gasteiger partial charge in [0.2, 0.25) is 0 Å². The molecule has 3 nitrogen and oxygen atoms in total. The fraction of sp³-hybridized carbons (Fsp3) is 0.263. The first kappa shape index (κ1) is 17.4. The summed E-state index contributed by atoms with van der Waals surface area (Å²) in [5.74, 6) is 0.0888. The predicted molar refractivity (Wildman–Crippen MR) is 94.2 cm³/mol. The highest BCUT2D eigenvalue weighted by Crippen LogP contribution is 2.18. The summed E-state index contributed by atoms with van der Waals surface area (Å²) in [6.45, 7) is 2.08. The summed E-state index contributed by atoms with van der Waals surface area (Å²) in [6, 6.07) is 15.7. The molecule has 0 radical (unpaired) electrons. The second-order valence-electron chi connectivity index (χ2n) is 5.25. The lowest BCUT2D eigenvalue weighted by atomic mass is 10.0. The van der Waals surface area contributed by atoms with Crippen molar-refractivity contribution < 1.29 is 14.3 Å². The Kier molecular flexibility index (Phi) is 6.53. The van der Waals surface area contributed by atoms with Gasteiger partial charge in [0.1, 0.15) is 10.6 Å². The van der Waals surface area contributed by atoms with Crippen molar-refractivity contribution in [2.24, 2.45) is 0 Å². The van der Waals surface area contributed by atoms with Gasteiger partial charge in [-0.2, -0.15) is 0 Å². The van der Waals surface area contributed by atoms with Crippen LogP contribution in [0.3, 0.4) is 0 Å². The van der Waals surface area contributed by atoms with E-state index in [1.54, 1.807) is 36.4 Å². The first-order chi connectivity index (χ1) is 11.1. The number of esters is 1. The van der Waals surface area contributed by atoms with Crippen molar-refractivity contribution in [3.63, 3.8) is 0 Å². The quantitative estimate of drug-likeness (QED) is 0.303. The highest BCUT2D eigenvalue weighted by Gasteiger charge is 2.17. The van der Waals surface area contributed by atoms with Crippen molar-refractivity contribution in [3.05, 3.63) is 65.7 Å². The van der Waals surface area contributed by atoms with Crippen molar-refractivity contribution in [3.8, 4) is 5.75 Å². The van der Waals surface area contributed by atoms with Crippen molar-refractivity contribution in [1.82, 2.24) is 0 Å². The smallest absolute Gasteiger partial charge is 0.325 e. The largest absolute Gasteiger partial charge is 0.426 e. The first-order valence-corrected chi connectivity index (χ1v) is 8.59. The summed E-state index contributed by atoms with van der Waals surface area (Å²) in [7, 11) is 0. The van der Waals surface area contributed by atoms with E-state index in [1.165, 1.54) is 0 Å². The zero-order valence-electron chi connectivity index (χ0n) is 13.0. The third-order valence-electron chi connectivity index (χ3n) is 3.44. The van der Waals surface area contributed by atoms with Crippen LogP contribution in [0, 0.1) is 0 Å². The number of carbonyl (C=O) groups excluding carboxylic acids is 2. The molecule has 120 valence electrons. The van der Waals surface area contributed by atoms with Gasteiger partial charge in [-0.3, -0.25) is 9.59 Å². The Morgan fingerprint density at radius 3 is 2.22 bits per heavy atom. The van der Waals surface area contributed by atoms with Gasteiger partial charge in [0.25, 0.3) is 0 Å². The van der Waals surface area contributed by atoms with Crippen LogP contribution < -0.4 is 4.74 Å². The molecular formula is C19H19BrO3. The molecule has 0 spiro atoms.